The molecule has 2 atom stereocenters. The third-order valence-corrected chi connectivity index (χ3v) is 3.40. The minimum Gasteiger partial charge on any atom is -0.496 e. The molecule has 0 aliphatic carbocycles. The largest absolute Gasteiger partial charge is 0.496 e. The van der Waals surface area contributed by atoms with Crippen molar-refractivity contribution in [2.24, 2.45) is 0 Å². The van der Waals surface area contributed by atoms with Crippen LogP contribution in [0.1, 0.15) is 16.8 Å². The van der Waals surface area contributed by atoms with Crippen molar-refractivity contribution in [1.82, 2.24) is 5.32 Å². The summed E-state index contributed by atoms with van der Waals surface area (Å²) < 4.78 is 10.4. The Morgan fingerprint density at radius 3 is 2.83 bits per heavy atom. The molecule has 18 heavy (non-hydrogen) atoms. The number of ether oxygens (including phenoxy) is 2. The minimum absolute atomic E-state index is 0.00565. The summed E-state index contributed by atoms with van der Waals surface area (Å²) in [6.45, 7) is 0.690. The summed E-state index contributed by atoms with van der Waals surface area (Å²) in [7, 11) is 3.19. The summed E-state index contributed by atoms with van der Waals surface area (Å²) in [6.07, 6.45) is 0.759. The number of carbonyl (C=O) groups excluding carboxylic acids is 1. The van der Waals surface area contributed by atoms with Crippen molar-refractivity contribution >= 4 is 17.4 Å². The van der Waals surface area contributed by atoms with Gasteiger partial charge in [-0.05, 0) is 24.6 Å². The second-order valence-electron chi connectivity index (χ2n) is 4.26. The lowest BCUT2D eigenvalue weighted by atomic mass is 10.0. The highest BCUT2D eigenvalue weighted by atomic mass is 35.5. The SMILES string of the molecule is COc1ccc(Cl)cc1C(=O)C1CC(OC)CN1. The topological polar surface area (TPSA) is 47.6 Å². The van der Waals surface area contributed by atoms with Gasteiger partial charge in [-0.2, -0.15) is 0 Å². The van der Waals surface area contributed by atoms with E-state index in [1.165, 1.54) is 0 Å². The van der Waals surface area contributed by atoms with Gasteiger partial charge in [0.25, 0.3) is 0 Å². The van der Waals surface area contributed by atoms with E-state index in [1.54, 1.807) is 32.4 Å². The molecule has 1 aliphatic rings. The van der Waals surface area contributed by atoms with Crippen molar-refractivity contribution in [3.05, 3.63) is 28.8 Å². The lowest BCUT2D eigenvalue weighted by Gasteiger charge is -2.12. The number of rotatable bonds is 4. The van der Waals surface area contributed by atoms with Crippen LogP contribution in [-0.4, -0.2) is 38.7 Å². The number of carbonyl (C=O) groups is 1. The van der Waals surface area contributed by atoms with Crippen LogP contribution in [0.4, 0.5) is 0 Å². The van der Waals surface area contributed by atoms with Crippen LogP contribution in [0.15, 0.2) is 18.2 Å². The molecule has 5 heteroatoms. The van der Waals surface area contributed by atoms with Gasteiger partial charge in [0.15, 0.2) is 5.78 Å². The van der Waals surface area contributed by atoms with E-state index in [-0.39, 0.29) is 17.9 Å². The molecule has 2 rings (SSSR count). The molecular weight excluding hydrogens is 254 g/mol. The third-order valence-electron chi connectivity index (χ3n) is 3.17. The van der Waals surface area contributed by atoms with Gasteiger partial charge in [0, 0.05) is 18.7 Å². The van der Waals surface area contributed by atoms with Crippen molar-refractivity contribution in [3.8, 4) is 5.75 Å². The fourth-order valence-corrected chi connectivity index (χ4v) is 2.32. The molecule has 98 valence electrons. The Kier molecular flexibility index (Phi) is 4.22. The van der Waals surface area contributed by atoms with Gasteiger partial charge in [-0.1, -0.05) is 11.6 Å². The van der Waals surface area contributed by atoms with Crippen molar-refractivity contribution in [1.29, 1.82) is 0 Å². The highest BCUT2D eigenvalue weighted by Crippen LogP contribution is 2.25. The number of methoxy groups -OCH3 is 2. The van der Waals surface area contributed by atoms with Gasteiger partial charge in [-0.25, -0.2) is 0 Å². The number of ketones is 1. The number of hydrogen-bond acceptors (Lipinski definition) is 4. The first-order chi connectivity index (χ1) is 8.65. The lowest BCUT2D eigenvalue weighted by Crippen LogP contribution is -2.31. The Morgan fingerprint density at radius 1 is 1.44 bits per heavy atom. The number of benzene rings is 1. The van der Waals surface area contributed by atoms with E-state index >= 15 is 0 Å². The van der Waals surface area contributed by atoms with Gasteiger partial charge in [0.2, 0.25) is 0 Å². The predicted octanol–water partition coefficient (Wildman–Crippen LogP) is 1.91. The Balaban J connectivity index is 2.21. The second kappa shape index (κ2) is 5.69. The smallest absolute Gasteiger partial charge is 0.183 e. The third kappa shape index (κ3) is 2.66. The molecule has 0 amide bonds. The number of hydrogen-bond donors (Lipinski definition) is 1. The van der Waals surface area contributed by atoms with Crippen LogP contribution in [0.2, 0.25) is 5.02 Å². The summed E-state index contributed by atoms with van der Waals surface area (Å²) in [5, 5.41) is 3.68. The van der Waals surface area contributed by atoms with Gasteiger partial charge in [-0.3, -0.25) is 4.79 Å². The zero-order valence-corrected chi connectivity index (χ0v) is 11.2. The molecular formula is C13H16ClNO3. The van der Waals surface area contributed by atoms with Gasteiger partial charge < -0.3 is 14.8 Å². The van der Waals surface area contributed by atoms with Gasteiger partial charge >= 0.3 is 0 Å². The lowest BCUT2D eigenvalue weighted by molar-refractivity contribution is 0.0916. The maximum Gasteiger partial charge on any atom is 0.183 e. The predicted molar refractivity (Wildman–Crippen MR) is 69.5 cm³/mol. The van der Waals surface area contributed by atoms with Gasteiger partial charge in [-0.15, -0.1) is 0 Å². The zero-order valence-electron chi connectivity index (χ0n) is 10.4. The van der Waals surface area contributed by atoms with E-state index in [1.807, 2.05) is 0 Å². The number of halogens is 1. The Labute approximate surface area is 111 Å². The molecule has 1 aromatic carbocycles. The normalized spacial score (nSPS) is 23.1. The van der Waals surface area contributed by atoms with E-state index in [4.69, 9.17) is 21.1 Å². The van der Waals surface area contributed by atoms with Crippen LogP contribution >= 0.6 is 11.6 Å². The Bertz CT molecular complexity index is 450. The maximum atomic E-state index is 12.4. The van der Waals surface area contributed by atoms with Gasteiger partial charge in [0.05, 0.1) is 24.8 Å². The zero-order chi connectivity index (χ0) is 13.1. The van der Waals surface area contributed by atoms with E-state index < -0.39 is 0 Å². The first-order valence-electron chi connectivity index (χ1n) is 5.79. The molecule has 4 nitrogen and oxygen atoms in total. The number of Topliss-reactive ketones (excluding diaryl/α,β-unsaturated/α-hetero) is 1. The monoisotopic (exact) mass is 269 g/mol. The quantitative estimate of drug-likeness (QED) is 0.849. The highest BCUT2D eigenvalue weighted by molar-refractivity contribution is 6.31. The highest BCUT2D eigenvalue weighted by Gasteiger charge is 2.31. The fourth-order valence-electron chi connectivity index (χ4n) is 2.14. The summed E-state index contributed by atoms with van der Waals surface area (Å²) in [5.74, 6) is 0.543. The van der Waals surface area contributed by atoms with Crippen LogP contribution < -0.4 is 10.1 Å². The molecule has 1 aliphatic heterocycles. The Hall–Kier alpha value is -1.10. The maximum absolute atomic E-state index is 12.4. The number of nitrogens with one attached hydrogen (secondary N) is 1. The van der Waals surface area contributed by atoms with Crippen molar-refractivity contribution in [2.45, 2.75) is 18.6 Å². The van der Waals surface area contributed by atoms with Crippen LogP contribution in [-0.2, 0) is 4.74 Å². The summed E-state index contributed by atoms with van der Waals surface area (Å²) in [5.41, 5.74) is 0.513. The van der Waals surface area contributed by atoms with Crippen LogP contribution in [0.25, 0.3) is 0 Å². The molecule has 0 spiro atoms. The average Bonchev–Trinajstić information content (AvgIpc) is 2.86. The molecule has 0 aromatic heterocycles. The van der Waals surface area contributed by atoms with Crippen molar-refractivity contribution in [2.75, 3.05) is 20.8 Å². The van der Waals surface area contributed by atoms with Gasteiger partial charge in [0.1, 0.15) is 5.75 Å². The second-order valence-corrected chi connectivity index (χ2v) is 4.70. The molecule has 1 heterocycles. The molecule has 2 unspecified atom stereocenters. The van der Waals surface area contributed by atoms with Crippen molar-refractivity contribution < 1.29 is 14.3 Å². The van der Waals surface area contributed by atoms with E-state index in [0.717, 1.165) is 0 Å². The summed E-state index contributed by atoms with van der Waals surface area (Å²) in [4.78, 5) is 12.4. The van der Waals surface area contributed by atoms with Crippen LogP contribution in [0, 0.1) is 0 Å². The van der Waals surface area contributed by atoms with Crippen LogP contribution in [0.5, 0.6) is 5.75 Å². The van der Waals surface area contributed by atoms with E-state index in [0.29, 0.717) is 29.3 Å². The van der Waals surface area contributed by atoms with E-state index in [9.17, 15) is 4.79 Å². The average molecular weight is 270 g/mol. The first-order valence-corrected chi connectivity index (χ1v) is 6.17. The van der Waals surface area contributed by atoms with E-state index in [2.05, 4.69) is 5.32 Å². The molecule has 0 saturated carbocycles. The molecule has 0 bridgehead atoms. The molecule has 1 fully saturated rings. The molecule has 1 aromatic rings. The minimum atomic E-state index is -0.234. The first kappa shape index (κ1) is 13.3. The Morgan fingerprint density at radius 2 is 2.22 bits per heavy atom. The fraction of sp³-hybridized carbons (Fsp3) is 0.462. The van der Waals surface area contributed by atoms with Crippen molar-refractivity contribution in [3.63, 3.8) is 0 Å². The molecule has 0 radical (unpaired) electrons. The molecule has 1 N–H and O–H groups in total. The summed E-state index contributed by atoms with van der Waals surface area (Å²) in [6, 6.07) is 4.82. The summed E-state index contributed by atoms with van der Waals surface area (Å²) >= 11 is 5.93. The molecule has 1 saturated heterocycles. The van der Waals surface area contributed by atoms with Crippen LogP contribution in [0.3, 0.4) is 0 Å². The standard InChI is InChI=1S/C13H16ClNO3/c1-17-9-6-11(15-7-9)13(16)10-5-8(14)3-4-12(10)18-2/h3-5,9,11,15H,6-7H2,1-2H3.